The summed E-state index contributed by atoms with van der Waals surface area (Å²) in [4.78, 5) is 11.0. The molecule has 2 atom stereocenters. The summed E-state index contributed by atoms with van der Waals surface area (Å²) < 4.78 is 0. The van der Waals surface area contributed by atoms with E-state index in [2.05, 4.69) is 12.8 Å². The summed E-state index contributed by atoms with van der Waals surface area (Å²) in [5, 5.41) is 0. The number of hydrogen-bond donors (Lipinski definition) is 0. The Morgan fingerprint density at radius 2 is 2.46 bits per heavy atom. The molecular formula is C12H18O. The number of hydrogen-bond acceptors (Lipinski definition) is 1. The maximum absolute atomic E-state index is 11.0. The van der Waals surface area contributed by atoms with Crippen LogP contribution in [0.4, 0.5) is 0 Å². The molecule has 2 unspecified atom stereocenters. The van der Waals surface area contributed by atoms with Crippen molar-refractivity contribution in [3.8, 4) is 12.3 Å². The molecule has 0 saturated heterocycles. The van der Waals surface area contributed by atoms with Gasteiger partial charge in [0.2, 0.25) is 0 Å². The lowest BCUT2D eigenvalue weighted by Gasteiger charge is -2.35. The Balaban J connectivity index is 2.64. The molecule has 0 radical (unpaired) electrons. The lowest BCUT2D eigenvalue weighted by molar-refractivity contribution is -0.118. The molecule has 1 aliphatic rings. The fraction of sp³-hybridized carbons (Fsp3) is 0.750. The standard InChI is InChI=1S/C12H18O/c1-3-7-12(10-13)8-5-6-11(4-2)9-12/h1,10-11H,4-9H2,2H3. The molecule has 1 aliphatic carbocycles. The Morgan fingerprint density at radius 3 is 3.00 bits per heavy atom. The lowest BCUT2D eigenvalue weighted by Crippen LogP contribution is -2.29. The first-order valence-corrected chi connectivity index (χ1v) is 5.16. The molecule has 0 aromatic heterocycles. The Hall–Kier alpha value is -0.770. The Bertz CT molecular complexity index is 214. The van der Waals surface area contributed by atoms with Crippen LogP contribution in [0.25, 0.3) is 0 Å². The summed E-state index contributed by atoms with van der Waals surface area (Å²) in [6.45, 7) is 2.20. The van der Waals surface area contributed by atoms with Crippen molar-refractivity contribution in [3.05, 3.63) is 0 Å². The summed E-state index contributed by atoms with van der Waals surface area (Å²) >= 11 is 0. The lowest BCUT2D eigenvalue weighted by atomic mass is 9.68. The fourth-order valence-electron chi connectivity index (χ4n) is 2.38. The van der Waals surface area contributed by atoms with Crippen LogP contribution in [0.15, 0.2) is 0 Å². The van der Waals surface area contributed by atoms with E-state index in [4.69, 9.17) is 6.42 Å². The van der Waals surface area contributed by atoms with Crippen LogP contribution in [0.2, 0.25) is 0 Å². The van der Waals surface area contributed by atoms with Crippen LogP contribution in [-0.2, 0) is 4.79 Å². The highest BCUT2D eigenvalue weighted by atomic mass is 16.1. The zero-order chi connectivity index (χ0) is 9.73. The summed E-state index contributed by atoms with van der Waals surface area (Å²) in [6.07, 6.45) is 12.7. The minimum Gasteiger partial charge on any atom is -0.303 e. The van der Waals surface area contributed by atoms with E-state index in [1.165, 1.54) is 19.3 Å². The molecule has 0 spiro atoms. The van der Waals surface area contributed by atoms with E-state index in [0.717, 1.165) is 19.1 Å². The third-order valence-electron chi connectivity index (χ3n) is 3.26. The number of aldehydes is 1. The summed E-state index contributed by atoms with van der Waals surface area (Å²) in [7, 11) is 0. The summed E-state index contributed by atoms with van der Waals surface area (Å²) in [5.74, 6) is 3.36. The first-order valence-electron chi connectivity index (χ1n) is 5.16. The molecule has 0 N–H and O–H groups in total. The topological polar surface area (TPSA) is 17.1 Å². The van der Waals surface area contributed by atoms with Crippen molar-refractivity contribution < 1.29 is 4.79 Å². The molecule has 72 valence electrons. The largest absolute Gasteiger partial charge is 0.303 e. The van der Waals surface area contributed by atoms with E-state index in [1.807, 2.05) is 0 Å². The van der Waals surface area contributed by atoms with Gasteiger partial charge in [-0.25, -0.2) is 0 Å². The van der Waals surface area contributed by atoms with Crippen molar-refractivity contribution >= 4 is 6.29 Å². The van der Waals surface area contributed by atoms with Gasteiger partial charge in [-0.1, -0.05) is 26.2 Å². The quantitative estimate of drug-likeness (QED) is 0.480. The van der Waals surface area contributed by atoms with Crippen LogP contribution in [0.5, 0.6) is 0 Å². The van der Waals surface area contributed by atoms with Gasteiger partial charge in [-0.15, -0.1) is 12.3 Å². The highest BCUT2D eigenvalue weighted by molar-refractivity contribution is 5.60. The molecule has 0 heterocycles. The van der Waals surface area contributed by atoms with Crippen molar-refractivity contribution in [2.45, 2.75) is 45.4 Å². The molecule has 0 aliphatic heterocycles. The molecule has 13 heavy (non-hydrogen) atoms. The molecule has 0 aromatic rings. The molecular weight excluding hydrogens is 160 g/mol. The van der Waals surface area contributed by atoms with Crippen LogP contribution < -0.4 is 0 Å². The number of terminal acetylenes is 1. The molecule has 1 saturated carbocycles. The smallest absolute Gasteiger partial charge is 0.127 e. The highest BCUT2D eigenvalue weighted by Crippen LogP contribution is 2.41. The van der Waals surface area contributed by atoms with Crippen molar-refractivity contribution in [2.75, 3.05) is 0 Å². The Kier molecular flexibility index (Phi) is 3.54. The zero-order valence-corrected chi connectivity index (χ0v) is 8.38. The van der Waals surface area contributed by atoms with Crippen LogP contribution >= 0.6 is 0 Å². The van der Waals surface area contributed by atoms with Gasteiger partial charge in [0.25, 0.3) is 0 Å². The molecule has 0 amide bonds. The minimum absolute atomic E-state index is 0.173. The fourth-order valence-corrected chi connectivity index (χ4v) is 2.38. The number of carbonyl (C=O) groups excluding carboxylic acids is 1. The minimum atomic E-state index is -0.173. The third-order valence-corrected chi connectivity index (χ3v) is 3.26. The number of rotatable bonds is 3. The average Bonchev–Trinajstić information content (AvgIpc) is 2.19. The molecule has 0 bridgehead atoms. The van der Waals surface area contributed by atoms with E-state index < -0.39 is 0 Å². The van der Waals surface area contributed by atoms with Crippen molar-refractivity contribution in [1.82, 2.24) is 0 Å². The van der Waals surface area contributed by atoms with Gasteiger partial charge in [0.1, 0.15) is 6.29 Å². The van der Waals surface area contributed by atoms with Crippen molar-refractivity contribution in [2.24, 2.45) is 11.3 Å². The summed E-state index contributed by atoms with van der Waals surface area (Å²) in [6, 6.07) is 0. The van der Waals surface area contributed by atoms with Gasteiger partial charge >= 0.3 is 0 Å². The van der Waals surface area contributed by atoms with E-state index >= 15 is 0 Å². The van der Waals surface area contributed by atoms with Gasteiger partial charge in [0.05, 0.1) is 0 Å². The Labute approximate surface area is 80.9 Å². The first-order chi connectivity index (χ1) is 6.26. The second kappa shape index (κ2) is 4.46. The third kappa shape index (κ3) is 2.34. The number of carbonyl (C=O) groups is 1. The van der Waals surface area contributed by atoms with Gasteiger partial charge in [0, 0.05) is 11.8 Å². The maximum Gasteiger partial charge on any atom is 0.127 e. The van der Waals surface area contributed by atoms with Gasteiger partial charge < -0.3 is 4.79 Å². The predicted molar refractivity (Wildman–Crippen MR) is 54.2 cm³/mol. The van der Waals surface area contributed by atoms with E-state index in [9.17, 15) is 4.79 Å². The monoisotopic (exact) mass is 178 g/mol. The van der Waals surface area contributed by atoms with Gasteiger partial charge in [-0.3, -0.25) is 0 Å². The average molecular weight is 178 g/mol. The molecule has 1 fully saturated rings. The molecule has 1 rings (SSSR count). The van der Waals surface area contributed by atoms with Crippen molar-refractivity contribution in [1.29, 1.82) is 0 Å². The first kappa shape index (κ1) is 10.3. The van der Waals surface area contributed by atoms with Crippen molar-refractivity contribution in [3.63, 3.8) is 0 Å². The summed E-state index contributed by atoms with van der Waals surface area (Å²) in [5.41, 5.74) is -0.173. The zero-order valence-electron chi connectivity index (χ0n) is 8.38. The van der Waals surface area contributed by atoms with Crippen LogP contribution in [0.1, 0.15) is 45.4 Å². The maximum atomic E-state index is 11.0. The predicted octanol–water partition coefficient (Wildman–Crippen LogP) is 2.80. The van der Waals surface area contributed by atoms with Gasteiger partial charge in [-0.05, 0) is 18.8 Å². The van der Waals surface area contributed by atoms with E-state index in [0.29, 0.717) is 12.3 Å². The molecule has 0 aromatic carbocycles. The second-order valence-corrected chi connectivity index (χ2v) is 4.23. The van der Waals surface area contributed by atoms with E-state index in [-0.39, 0.29) is 5.41 Å². The SMILES string of the molecule is C#CCC1(C=O)CCCC(CC)C1. The van der Waals surface area contributed by atoms with E-state index in [1.54, 1.807) is 0 Å². The van der Waals surface area contributed by atoms with Crippen LogP contribution in [0, 0.1) is 23.7 Å². The van der Waals surface area contributed by atoms with Crippen LogP contribution in [-0.4, -0.2) is 6.29 Å². The van der Waals surface area contributed by atoms with Crippen LogP contribution in [0.3, 0.4) is 0 Å². The van der Waals surface area contributed by atoms with Gasteiger partial charge in [0.15, 0.2) is 0 Å². The highest BCUT2D eigenvalue weighted by Gasteiger charge is 2.34. The second-order valence-electron chi connectivity index (χ2n) is 4.23. The molecule has 1 nitrogen and oxygen atoms in total. The molecule has 1 heteroatoms. The Morgan fingerprint density at radius 1 is 1.69 bits per heavy atom. The van der Waals surface area contributed by atoms with Gasteiger partial charge in [-0.2, -0.15) is 0 Å². The normalized spacial score (nSPS) is 33.7.